The third-order valence-electron chi connectivity index (χ3n) is 3.58. The summed E-state index contributed by atoms with van der Waals surface area (Å²) in [6.07, 6.45) is 0. The smallest absolute Gasteiger partial charge is 0.251 e. The zero-order valence-corrected chi connectivity index (χ0v) is 14.7. The van der Waals surface area contributed by atoms with E-state index in [-0.39, 0.29) is 24.2 Å². The Morgan fingerprint density at radius 3 is 2.38 bits per heavy atom. The van der Waals surface area contributed by atoms with Crippen molar-refractivity contribution in [2.75, 3.05) is 13.2 Å². The molecule has 2 aromatic carbocycles. The summed E-state index contributed by atoms with van der Waals surface area (Å²) in [5, 5.41) is 2.93. The lowest BCUT2D eigenvalue weighted by Gasteiger charge is -2.13. The lowest BCUT2D eigenvalue weighted by atomic mass is 10.1. The largest absolute Gasteiger partial charge is 0.376 e. The highest BCUT2D eigenvalue weighted by molar-refractivity contribution is 5.94. The van der Waals surface area contributed by atoms with Gasteiger partial charge in [-0.25, -0.2) is 0 Å². The van der Waals surface area contributed by atoms with Gasteiger partial charge in [-0.15, -0.1) is 12.4 Å². The summed E-state index contributed by atoms with van der Waals surface area (Å²) < 4.78 is 5.68. The number of ether oxygens (including phenoxy) is 1. The molecule has 0 aliphatic rings. The van der Waals surface area contributed by atoms with Crippen molar-refractivity contribution in [2.45, 2.75) is 20.1 Å². The summed E-state index contributed by atoms with van der Waals surface area (Å²) >= 11 is 0. The van der Waals surface area contributed by atoms with Crippen LogP contribution in [-0.2, 0) is 17.9 Å². The van der Waals surface area contributed by atoms with E-state index in [0.29, 0.717) is 31.9 Å². The first-order valence-corrected chi connectivity index (χ1v) is 7.88. The Hall–Kier alpha value is -1.88. The summed E-state index contributed by atoms with van der Waals surface area (Å²) in [4.78, 5) is 12.1. The number of nitrogens with one attached hydrogen (secondary N) is 1. The van der Waals surface area contributed by atoms with Gasteiger partial charge >= 0.3 is 0 Å². The van der Waals surface area contributed by atoms with Crippen molar-refractivity contribution in [1.29, 1.82) is 0 Å². The molecular weight excluding hydrogens is 324 g/mol. The number of carbonyl (C=O) groups is 1. The molecule has 0 aliphatic heterocycles. The lowest BCUT2D eigenvalue weighted by molar-refractivity contribution is 0.0843. The molecule has 0 bridgehead atoms. The second-order valence-electron chi connectivity index (χ2n) is 5.72. The van der Waals surface area contributed by atoms with Gasteiger partial charge in [0.05, 0.1) is 13.2 Å². The van der Waals surface area contributed by atoms with Crippen LogP contribution in [0.1, 0.15) is 28.4 Å². The van der Waals surface area contributed by atoms with Crippen molar-refractivity contribution in [3.05, 3.63) is 71.3 Å². The Morgan fingerprint density at radius 2 is 1.75 bits per heavy atom. The molecule has 0 spiro atoms. The van der Waals surface area contributed by atoms with E-state index in [1.807, 2.05) is 42.5 Å². The van der Waals surface area contributed by atoms with Crippen LogP contribution in [0.3, 0.4) is 0 Å². The first-order valence-electron chi connectivity index (χ1n) is 7.88. The van der Waals surface area contributed by atoms with E-state index in [4.69, 9.17) is 10.5 Å². The van der Waals surface area contributed by atoms with Crippen LogP contribution in [-0.4, -0.2) is 19.1 Å². The molecule has 0 aliphatic carbocycles. The summed E-state index contributed by atoms with van der Waals surface area (Å²) in [6, 6.07) is 17.4. The number of hydrogen-bond donors (Lipinski definition) is 2. The highest BCUT2D eigenvalue weighted by Crippen LogP contribution is 2.05. The topological polar surface area (TPSA) is 64.4 Å². The Labute approximate surface area is 149 Å². The first kappa shape index (κ1) is 20.2. The third-order valence-corrected chi connectivity index (χ3v) is 3.58. The third kappa shape index (κ3) is 6.71. The van der Waals surface area contributed by atoms with Crippen LogP contribution in [0.2, 0.25) is 0 Å². The van der Waals surface area contributed by atoms with E-state index >= 15 is 0 Å². The predicted molar refractivity (Wildman–Crippen MR) is 99.2 cm³/mol. The fourth-order valence-electron chi connectivity index (χ4n) is 2.17. The van der Waals surface area contributed by atoms with Gasteiger partial charge in [-0.3, -0.25) is 4.79 Å². The van der Waals surface area contributed by atoms with E-state index in [2.05, 4.69) is 12.2 Å². The van der Waals surface area contributed by atoms with Gasteiger partial charge in [0.2, 0.25) is 0 Å². The number of amides is 1. The second kappa shape index (κ2) is 10.8. The number of nitrogens with two attached hydrogens (primary N) is 1. The summed E-state index contributed by atoms with van der Waals surface area (Å²) in [7, 11) is 0. The lowest BCUT2D eigenvalue weighted by Crippen LogP contribution is -2.30. The van der Waals surface area contributed by atoms with Gasteiger partial charge in [0.15, 0.2) is 0 Å². The minimum absolute atomic E-state index is 0. The average Bonchev–Trinajstić information content (AvgIpc) is 2.60. The monoisotopic (exact) mass is 348 g/mol. The quantitative estimate of drug-likeness (QED) is 0.770. The van der Waals surface area contributed by atoms with Crippen LogP contribution in [0.4, 0.5) is 0 Å². The Bertz CT molecular complexity index is 603. The van der Waals surface area contributed by atoms with Gasteiger partial charge in [-0.1, -0.05) is 49.4 Å². The highest BCUT2D eigenvalue weighted by Gasteiger charge is 2.08. The van der Waals surface area contributed by atoms with Crippen LogP contribution in [0.5, 0.6) is 0 Å². The van der Waals surface area contributed by atoms with E-state index in [1.54, 1.807) is 12.1 Å². The SMILES string of the molecule is CC(CNC(=O)c1ccc(CN)cc1)COCc1ccccc1.Cl. The maximum Gasteiger partial charge on any atom is 0.251 e. The van der Waals surface area contributed by atoms with Crippen LogP contribution in [0, 0.1) is 5.92 Å². The van der Waals surface area contributed by atoms with Gasteiger partial charge in [-0.05, 0) is 29.2 Å². The molecule has 0 aromatic heterocycles. The van der Waals surface area contributed by atoms with Gasteiger partial charge in [0.1, 0.15) is 0 Å². The maximum absolute atomic E-state index is 12.1. The summed E-state index contributed by atoms with van der Waals surface area (Å²) in [6.45, 7) is 4.34. The zero-order chi connectivity index (χ0) is 16.5. The molecule has 1 unspecified atom stereocenters. The zero-order valence-electron chi connectivity index (χ0n) is 13.9. The molecule has 0 fully saturated rings. The molecule has 2 aromatic rings. The van der Waals surface area contributed by atoms with Gasteiger partial charge in [0, 0.05) is 18.7 Å². The first-order chi connectivity index (χ1) is 11.2. The molecule has 0 heterocycles. The molecule has 2 rings (SSSR count). The molecule has 0 saturated carbocycles. The minimum atomic E-state index is -0.0662. The van der Waals surface area contributed by atoms with Crippen LogP contribution in [0.15, 0.2) is 54.6 Å². The fourth-order valence-corrected chi connectivity index (χ4v) is 2.17. The van der Waals surface area contributed by atoms with Crippen LogP contribution < -0.4 is 11.1 Å². The van der Waals surface area contributed by atoms with Crippen molar-refractivity contribution < 1.29 is 9.53 Å². The molecule has 0 saturated heterocycles. The fraction of sp³-hybridized carbons (Fsp3) is 0.316. The van der Waals surface area contributed by atoms with E-state index in [1.165, 1.54) is 0 Å². The van der Waals surface area contributed by atoms with Crippen molar-refractivity contribution in [3.63, 3.8) is 0 Å². The van der Waals surface area contributed by atoms with E-state index in [9.17, 15) is 4.79 Å². The highest BCUT2D eigenvalue weighted by atomic mass is 35.5. The molecule has 3 N–H and O–H groups in total. The number of halogens is 1. The Morgan fingerprint density at radius 1 is 1.08 bits per heavy atom. The molecule has 5 heteroatoms. The summed E-state index contributed by atoms with van der Waals surface area (Å²) in [5.41, 5.74) is 8.37. The van der Waals surface area contributed by atoms with Crippen LogP contribution in [0.25, 0.3) is 0 Å². The standard InChI is InChI=1S/C19H24N2O2.ClH/c1-15(13-23-14-17-5-3-2-4-6-17)12-21-19(22)18-9-7-16(11-20)8-10-18;/h2-10,15H,11-14,20H2,1H3,(H,21,22);1H. The normalized spacial score (nSPS) is 11.4. The molecule has 1 amide bonds. The minimum Gasteiger partial charge on any atom is -0.376 e. The van der Waals surface area contributed by atoms with Gasteiger partial charge in [-0.2, -0.15) is 0 Å². The van der Waals surface area contributed by atoms with Crippen molar-refractivity contribution in [3.8, 4) is 0 Å². The van der Waals surface area contributed by atoms with Crippen molar-refractivity contribution >= 4 is 18.3 Å². The second-order valence-corrected chi connectivity index (χ2v) is 5.72. The van der Waals surface area contributed by atoms with E-state index < -0.39 is 0 Å². The van der Waals surface area contributed by atoms with E-state index in [0.717, 1.165) is 11.1 Å². The summed E-state index contributed by atoms with van der Waals surface area (Å²) in [5.74, 6) is 0.189. The number of carbonyl (C=O) groups excluding carboxylic acids is 1. The Balaban J connectivity index is 0.00000288. The number of rotatable bonds is 8. The maximum atomic E-state index is 12.1. The van der Waals surface area contributed by atoms with Gasteiger partial charge in [0.25, 0.3) is 5.91 Å². The molecule has 1 atom stereocenters. The Kier molecular flexibility index (Phi) is 9.08. The molecule has 4 nitrogen and oxygen atoms in total. The van der Waals surface area contributed by atoms with Crippen molar-refractivity contribution in [2.24, 2.45) is 11.7 Å². The predicted octanol–water partition coefficient (Wildman–Crippen LogP) is 3.15. The molecule has 130 valence electrons. The molecule has 24 heavy (non-hydrogen) atoms. The molecular formula is C19H25ClN2O2. The molecule has 0 radical (unpaired) electrons. The van der Waals surface area contributed by atoms with Crippen molar-refractivity contribution in [1.82, 2.24) is 5.32 Å². The number of hydrogen-bond acceptors (Lipinski definition) is 3. The number of benzene rings is 2. The van der Waals surface area contributed by atoms with Crippen LogP contribution >= 0.6 is 12.4 Å². The van der Waals surface area contributed by atoms with Gasteiger partial charge < -0.3 is 15.8 Å². The average molecular weight is 349 g/mol.